The van der Waals surface area contributed by atoms with Gasteiger partial charge in [-0.1, -0.05) is 19.1 Å². The Kier molecular flexibility index (Phi) is 4.60. The van der Waals surface area contributed by atoms with Crippen LogP contribution in [-0.4, -0.2) is 14.4 Å². The fourth-order valence-corrected chi connectivity index (χ4v) is 3.58. The van der Waals surface area contributed by atoms with Crippen molar-refractivity contribution >= 4 is 59.0 Å². The van der Waals surface area contributed by atoms with Crippen molar-refractivity contribution in [2.24, 2.45) is 0 Å². The summed E-state index contributed by atoms with van der Waals surface area (Å²) in [7, 11) is 1.49. The summed E-state index contributed by atoms with van der Waals surface area (Å²) < 4.78 is 22.0. The minimum absolute atomic E-state index is 0.0381. The Morgan fingerprint density at radius 2 is 1.56 bits per heavy atom. The van der Waals surface area contributed by atoms with Crippen molar-refractivity contribution in [1.82, 2.24) is 0 Å². The predicted octanol–water partition coefficient (Wildman–Crippen LogP) is 3.91. The van der Waals surface area contributed by atoms with Gasteiger partial charge in [0.15, 0.2) is 0 Å². The van der Waals surface area contributed by atoms with Gasteiger partial charge in [-0.3, -0.25) is 0 Å². The molecule has 1 rings (SSSR count). The Hall–Kier alpha value is 0.547. The van der Waals surface area contributed by atoms with Crippen molar-refractivity contribution in [2.45, 2.75) is 17.4 Å². The number of halogens is 4. The van der Waals surface area contributed by atoms with Crippen molar-refractivity contribution in [3.05, 3.63) is 29.8 Å². The Labute approximate surface area is 114 Å². The average molecular weight is 338 g/mol. The van der Waals surface area contributed by atoms with E-state index in [9.17, 15) is 8.42 Å². The van der Waals surface area contributed by atoms with Crippen LogP contribution in [0.25, 0.3) is 0 Å². The third-order valence-corrected chi connectivity index (χ3v) is 7.78. The second-order valence-corrected chi connectivity index (χ2v) is 14.9. The van der Waals surface area contributed by atoms with Gasteiger partial charge < -0.3 is 0 Å². The highest BCUT2D eigenvalue weighted by molar-refractivity contribution is 8.13. The first-order valence-electron chi connectivity index (χ1n) is 4.23. The molecule has 0 aliphatic carbocycles. The first-order chi connectivity index (χ1) is 7.12. The maximum absolute atomic E-state index is 11.0. The van der Waals surface area contributed by atoms with Gasteiger partial charge in [-0.15, -0.1) is 33.2 Å². The van der Waals surface area contributed by atoms with E-state index in [0.29, 0.717) is 0 Å². The average Bonchev–Trinajstić information content (AvgIpc) is 2.14. The predicted molar refractivity (Wildman–Crippen MR) is 71.2 cm³/mol. The second-order valence-electron chi connectivity index (χ2n) is 3.27. The monoisotopic (exact) mass is 336 g/mol. The van der Waals surface area contributed by atoms with E-state index in [1.807, 2.05) is 0 Å². The topological polar surface area (TPSA) is 34.1 Å². The summed E-state index contributed by atoms with van der Waals surface area (Å²) in [5.41, 5.74) is 0.584. The van der Waals surface area contributed by atoms with Crippen LogP contribution in [0.15, 0.2) is 29.2 Å². The molecular formula is C8H8Cl4O2SSi. The molecule has 0 N–H and O–H groups in total. The molecule has 1 unspecified atom stereocenters. The number of benzene rings is 1. The van der Waals surface area contributed by atoms with Gasteiger partial charge in [0.05, 0.1) is 4.90 Å². The van der Waals surface area contributed by atoms with E-state index in [4.69, 9.17) is 43.9 Å². The number of hydrogen-bond acceptors (Lipinski definition) is 2. The zero-order valence-electron chi connectivity index (χ0n) is 8.12. The van der Waals surface area contributed by atoms with Crippen LogP contribution in [0.2, 0.25) is 0 Å². The van der Waals surface area contributed by atoms with Crippen LogP contribution in [0.1, 0.15) is 18.0 Å². The Morgan fingerprint density at radius 3 is 1.88 bits per heavy atom. The van der Waals surface area contributed by atoms with Gasteiger partial charge in [0.1, 0.15) is 0 Å². The van der Waals surface area contributed by atoms with Crippen LogP contribution in [0.4, 0.5) is 0 Å². The first kappa shape index (κ1) is 14.6. The van der Waals surface area contributed by atoms with Gasteiger partial charge in [-0.05, 0) is 17.7 Å². The lowest BCUT2D eigenvalue weighted by Crippen LogP contribution is -2.20. The SMILES string of the molecule is CC(c1ccc(S(=O)(=O)Cl)cc1)[Si](Cl)(Cl)Cl. The molecule has 0 aromatic heterocycles. The molecule has 0 radical (unpaired) electrons. The third kappa shape index (κ3) is 3.79. The maximum Gasteiger partial charge on any atom is 0.348 e. The van der Waals surface area contributed by atoms with Crippen LogP contribution in [0, 0.1) is 0 Å². The molecule has 16 heavy (non-hydrogen) atoms. The molecule has 90 valence electrons. The molecule has 1 atom stereocenters. The van der Waals surface area contributed by atoms with Crippen LogP contribution < -0.4 is 0 Å². The molecule has 2 nitrogen and oxygen atoms in total. The summed E-state index contributed by atoms with van der Waals surface area (Å²) in [6.45, 7) is 1.80. The van der Waals surface area contributed by atoms with E-state index in [-0.39, 0.29) is 10.4 Å². The van der Waals surface area contributed by atoms with Crippen LogP contribution in [0.5, 0.6) is 0 Å². The molecule has 0 fully saturated rings. The summed E-state index contributed by atoms with van der Waals surface area (Å²) in [5.74, 6) is 0. The van der Waals surface area contributed by atoms with Gasteiger partial charge >= 0.3 is 6.00 Å². The minimum Gasteiger partial charge on any atom is -0.207 e. The Morgan fingerprint density at radius 1 is 1.12 bits per heavy atom. The van der Waals surface area contributed by atoms with Crippen LogP contribution >= 0.6 is 43.9 Å². The van der Waals surface area contributed by atoms with Gasteiger partial charge in [0.25, 0.3) is 9.05 Å². The van der Waals surface area contributed by atoms with Crippen molar-refractivity contribution in [3.8, 4) is 0 Å². The van der Waals surface area contributed by atoms with Gasteiger partial charge in [-0.25, -0.2) is 8.42 Å². The highest BCUT2D eigenvalue weighted by Gasteiger charge is 2.34. The molecule has 0 aliphatic rings. The quantitative estimate of drug-likeness (QED) is 0.476. The van der Waals surface area contributed by atoms with E-state index in [1.54, 1.807) is 19.1 Å². The zero-order valence-corrected chi connectivity index (χ0v) is 13.0. The normalized spacial score (nSPS) is 14.8. The molecule has 0 heterocycles. The molecule has 8 heteroatoms. The lowest BCUT2D eigenvalue weighted by atomic mass is 10.2. The molecule has 0 saturated heterocycles. The summed E-state index contributed by atoms with van der Waals surface area (Å²) in [6, 6.07) is 3.18. The fourth-order valence-electron chi connectivity index (χ4n) is 1.11. The van der Waals surface area contributed by atoms with Gasteiger partial charge in [-0.2, -0.15) is 0 Å². The van der Waals surface area contributed by atoms with E-state index >= 15 is 0 Å². The Balaban J connectivity index is 3.05. The summed E-state index contributed by atoms with van der Waals surface area (Å²) >= 11 is 17.6. The molecule has 0 amide bonds. The highest BCUT2D eigenvalue weighted by Crippen LogP contribution is 2.36. The van der Waals surface area contributed by atoms with E-state index < -0.39 is 15.1 Å². The molecule has 0 spiro atoms. The number of rotatable bonds is 3. The largest absolute Gasteiger partial charge is 0.348 e. The van der Waals surface area contributed by atoms with Crippen molar-refractivity contribution in [1.29, 1.82) is 0 Å². The molecule has 1 aromatic carbocycles. The fraction of sp³-hybridized carbons (Fsp3) is 0.250. The minimum atomic E-state index is -3.70. The highest BCUT2D eigenvalue weighted by atomic mass is 35.8. The lowest BCUT2D eigenvalue weighted by molar-refractivity contribution is 0.609. The van der Waals surface area contributed by atoms with E-state index in [1.165, 1.54) is 12.1 Å². The zero-order chi connectivity index (χ0) is 12.6. The Bertz CT molecular complexity index is 466. The summed E-state index contributed by atoms with van der Waals surface area (Å²) in [6.07, 6.45) is 0. The first-order valence-corrected chi connectivity index (χ1v) is 11.7. The molecule has 1 aromatic rings. The lowest BCUT2D eigenvalue weighted by Gasteiger charge is -2.17. The third-order valence-electron chi connectivity index (χ3n) is 2.15. The standard InChI is InChI=1S/C8H8Cl4O2SSi/c1-6(16(10,11)12)7-2-4-8(5-3-7)15(9,13)14/h2-6H,1H3. The molecular weight excluding hydrogens is 330 g/mol. The van der Waals surface area contributed by atoms with Gasteiger partial charge in [0, 0.05) is 16.2 Å². The smallest absolute Gasteiger partial charge is 0.207 e. The van der Waals surface area contributed by atoms with Crippen molar-refractivity contribution in [2.75, 3.05) is 0 Å². The van der Waals surface area contributed by atoms with Crippen molar-refractivity contribution < 1.29 is 8.42 Å². The summed E-state index contributed by atoms with van der Waals surface area (Å²) in [5, 5.41) is 0. The molecule has 0 bridgehead atoms. The van der Waals surface area contributed by atoms with Crippen LogP contribution in [-0.2, 0) is 9.05 Å². The van der Waals surface area contributed by atoms with Gasteiger partial charge in [0.2, 0.25) is 0 Å². The number of hydrogen-bond donors (Lipinski definition) is 0. The van der Waals surface area contributed by atoms with Crippen molar-refractivity contribution in [3.63, 3.8) is 0 Å². The molecule has 0 saturated carbocycles. The molecule has 0 aliphatic heterocycles. The summed E-state index contributed by atoms with van der Waals surface area (Å²) in [4.78, 5) is 0.0381. The van der Waals surface area contributed by atoms with E-state index in [2.05, 4.69) is 0 Å². The van der Waals surface area contributed by atoms with E-state index in [0.717, 1.165) is 5.56 Å². The maximum atomic E-state index is 11.0. The van der Waals surface area contributed by atoms with Crippen LogP contribution in [0.3, 0.4) is 0 Å². The second kappa shape index (κ2) is 5.04.